The maximum absolute atomic E-state index is 4.80. The molecule has 0 radical (unpaired) electrons. The minimum atomic E-state index is 0.921. The molecular weight excluding hydrogens is 350 g/mol. The van der Waals surface area contributed by atoms with Crippen LogP contribution in [-0.4, -0.2) is 18.1 Å². The Hall–Kier alpha value is -2.85. The first-order valence-corrected chi connectivity index (χ1v) is 10.3. The van der Waals surface area contributed by atoms with Crippen LogP contribution in [0.25, 0.3) is 22.0 Å². The molecule has 4 aromatic rings. The predicted molar refractivity (Wildman–Crippen MR) is 116 cm³/mol. The number of aromatic nitrogens is 1. The van der Waals surface area contributed by atoms with Gasteiger partial charge in [-0.3, -0.25) is 0 Å². The van der Waals surface area contributed by atoms with Crippen molar-refractivity contribution in [2.45, 2.75) is 12.8 Å². The molecule has 0 bridgehead atoms. The highest BCUT2D eigenvalue weighted by Gasteiger charge is 2.12. The zero-order valence-electron chi connectivity index (χ0n) is 15.1. The van der Waals surface area contributed by atoms with Crippen LogP contribution < -0.4 is 10.2 Å². The van der Waals surface area contributed by atoms with Gasteiger partial charge in [0.05, 0.1) is 5.69 Å². The maximum Gasteiger partial charge on any atom is 0.187 e. The van der Waals surface area contributed by atoms with Crippen molar-refractivity contribution in [3.05, 3.63) is 72.1 Å². The molecular formula is C23H21N3S. The molecule has 2 heterocycles. The summed E-state index contributed by atoms with van der Waals surface area (Å²) in [4.78, 5) is 7.26. The third-order valence-electron chi connectivity index (χ3n) is 5.17. The van der Waals surface area contributed by atoms with Crippen LogP contribution >= 0.6 is 11.3 Å². The van der Waals surface area contributed by atoms with Crippen LogP contribution in [0.3, 0.4) is 0 Å². The molecule has 1 fully saturated rings. The van der Waals surface area contributed by atoms with Gasteiger partial charge in [0.1, 0.15) is 0 Å². The second-order valence-electron chi connectivity index (χ2n) is 6.93. The summed E-state index contributed by atoms with van der Waals surface area (Å²) < 4.78 is 0. The van der Waals surface area contributed by atoms with Gasteiger partial charge >= 0.3 is 0 Å². The summed E-state index contributed by atoms with van der Waals surface area (Å²) in [7, 11) is 0. The van der Waals surface area contributed by atoms with Gasteiger partial charge in [-0.25, -0.2) is 4.98 Å². The highest BCUT2D eigenvalue weighted by Crippen LogP contribution is 2.31. The smallest absolute Gasteiger partial charge is 0.187 e. The number of fused-ring (bicyclic) bond motifs is 1. The number of nitrogens with zero attached hydrogens (tertiary/aromatic N) is 2. The van der Waals surface area contributed by atoms with Gasteiger partial charge in [0.2, 0.25) is 0 Å². The van der Waals surface area contributed by atoms with Crippen molar-refractivity contribution >= 4 is 38.6 Å². The van der Waals surface area contributed by atoms with E-state index in [4.69, 9.17) is 4.98 Å². The SMILES string of the molecule is c1ccc2c(Nc3nc(-c4ccc(N5CCCC5)cc4)cs3)cccc2c1. The molecule has 1 aliphatic rings. The molecule has 0 amide bonds. The van der Waals surface area contributed by atoms with E-state index in [1.807, 2.05) is 0 Å². The van der Waals surface area contributed by atoms with E-state index < -0.39 is 0 Å². The Balaban J connectivity index is 1.38. The molecule has 0 spiro atoms. The number of benzene rings is 3. The largest absolute Gasteiger partial charge is 0.372 e. The lowest BCUT2D eigenvalue weighted by Gasteiger charge is -2.17. The molecule has 5 rings (SSSR count). The normalized spacial score (nSPS) is 14.0. The van der Waals surface area contributed by atoms with Crippen LogP contribution in [0.2, 0.25) is 0 Å². The summed E-state index contributed by atoms with van der Waals surface area (Å²) in [5, 5.41) is 8.98. The standard InChI is InChI=1S/C23H21N3S/c1-2-8-20-17(6-1)7-5-9-21(20)24-23-25-22(16-27-23)18-10-12-19(13-11-18)26-14-3-4-15-26/h1-2,5-13,16H,3-4,14-15H2,(H,24,25). The lowest BCUT2D eigenvalue weighted by Crippen LogP contribution is -2.17. The molecule has 1 saturated heterocycles. The first-order valence-electron chi connectivity index (χ1n) is 9.42. The molecule has 1 aliphatic heterocycles. The van der Waals surface area contributed by atoms with E-state index in [2.05, 4.69) is 82.3 Å². The number of thiazole rings is 1. The monoisotopic (exact) mass is 371 g/mol. The fourth-order valence-corrected chi connectivity index (χ4v) is 4.46. The van der Waals surface area contributed by atoms with Crippen LogP contribution in [-0.2, 0) is 0 Å². The van der Waals surface area contributed by atoms with Gasteiger partial charge in [-0.2, -0.15) is 0 Å². The second kappa shape index (κ2) is 7.05. The van der Waals surface area contributed by atoms with E-state index in [0.29, 0.717) is 0 Å². The minimum absolute atomic E-state index is 0.921. The van der Waals surface area contributed by atoms with E-state index in [0.717, 1.165) is 16.5 Å². The Bertz CT molecular complexity index is 1060. The van der Waals surface area contributed by atoms with Gasteiger partial charge in [-0.15, -0.1) is 11.3 Å². The van der Waals surface area contributed by atoms with Crippen molar-refractivity contribution in [1.29, 1.82) is 0 Å². The fraction of sp³-hybridized carbons (Fsp3) is 0.174. The lowest BCUT2D eigenvalue weighted by atomic mass is 10.1. The van der Waals surface area contributed by atoms with Crippen molar-refractivity contribution in [3.8, 4) is 11.3 Å². The van der Waals surface area contributed by atoms with Crippen LogP contribution in [0.5, 0.6) is 0 Å². The Morgan fingerprint density at radius 3 is 2.48 bits per heavy atom. The molecule has 3 nitrogen and oxygen atoms in total. The van der Waals surface area contributed by atoms with Gasteiger partial charge < -0.3 is 10.2 Å². The number of hydrogen-bond acceptors (Lipinski definition) is 4. The molecule has 3 aromatic carbocycles. The molecule has 4 heteroatoms. The fourth-order valence-electron chi connectivity index (χ4n) is 3.73. The predicted octanol–water partition coefficient (Wildman–Crippen LogP) is 6.31. The first-order chi connectivity index (χ1) is 13.4. The topological polar surface area (TPSA) is 28.2 Å². The van der Waals surface area contributed by atoms with Crippen molar-refractivity contribution in [3.63, 3.8) is 0 Å². The van der Waals surface area contributed by atoms with Crippen LogP contribution in [0.4, 0.5) is 16.5 Å². The summed E-state index contributed by atoms with van der Waals surface area (Å²) in [5.74, 6) is 0. The molecule has 1 N–H and O–H groups in total. The lowest BCUT2D eigenvalue weighted by molar-refractivity contribution is 0.949. The quantitative estimate of drug-likeness (QED) is 0.456. The van der Waals surface area contributed by atoms with E-state index in [1.54, 1.807) is 11.3 Å². The first kappa shape index (κ1) is 16.3. The van der Waals surface area contributed by atoms with Crippen LogP contribution in [0.15, 0.2) is 72.1 Å². The number of anilines is 3. The van der Waals surface area contributed by atoms with Gasteiger partial charge in [-0.1, -0.05) is 48.5 Å². The minimum Gasteiger partial charge on any atom is -0.372 e. The zero-order valence-corrected chi connectivity index (χ0v) is 15.9. The van der Waals surface area contributed by atoms with Gasteiger partial charge in [0, 0.05) is 40.8 Å². The van der Waals surface area contributed by atoms with Crippen molar-refractivity contribution in [2.75, 3.05) is 23.3 Å². The third kappa shape index (κ3) is 3.28. The Labute approximate surface area is 163 Å². The third-order valence-corrected chi connectivity index (χ3v) is 5.93. The molecule has 0 unspecified atom stereocenters. The van der Waals surface area contributed by atoms with Crippen LogP contribution in [0.1, 0.15) is 12.8 Å². The summed E-state index contributed by atoms with van der Waals surface area (Å²) in [6.45, 7) is 2.35. The second-order valence-corrected chi connectivity index (χ2v) is 7.79. The van der Waals surface area contributed by atoms with Gasteiger partial charge in [0.25, 0.3) is 0 Å². The molecule has 0 aliphatic carbocycles. The molecule has 0 saturated carbocycles. The summed E-state index contributed by atoms with van der Waals surface area (Å²) >= 11 is 1.64. The zero-order chi connectivity index (χ0) is 18.1. The Kier molecular flexibility index (Phi) is 4.26. The van der Waals surface area contributed by atoms with Gasteiger partial charge in [0.15, 0.2) is 5.13 Å². The van der Waals surface area contributed by atoms with E-state index in [-0.39, 0.29) is 0 Å². The van der Waals surface area contributed by atoms with E-state index in [1.165, 1.54) is 48.0 Å². The summed E-state index contributed by atoms with van der Waals surface area (Å²) in [6, 6.07) is 23.5. The Morgan fingerprint density at radius 2 is 1.63 bits per heavy atom. The maximum atomic E-state index is 4.80. The highest BCUT2D eigenvalue weighted by molar-refractivity contribution is 7.14. The number of hydrogen-bond donors (Lipinski definition) is 1. The highest BCUT2D eigenvalue weighted by atomic mass is 32.1. The van der Waals surface area contributed by atoms with Crippen molar-refractivity contribution in [1.82, 2.24) is 4.98 Å². The molecule has 134 valence electrons. The molecule has 1 aromatic heterocycles. The Morgan fingerprint density at radius 1 is 0.852 bits per heavy atom. The number of rotatable bonds is 4. The summed E-state index contributed by atoms with van der Waals surface area (Å²) in [5.41, 5.74) is 4.61. The number of nitrogens with one attached hydrogen (secondary N) is 1. The van der Waals surface area contributed by atoms with Gasteiger partial charge in [-0.05, 0) is 36.4 Å². The van der Waals surface area contributed by atoms with E-state index >= 15 is 0 Å². The van der Waals surface area contributed by atoms with E-state index in [9.17, 15) is 0 Å². The summed E-state index contributed by atoms with van der Waals surface area (Å²) in [6.07, 6.45) is 2.61. The molecule has 27 heavy (non-hydrogen) atoms. The molecule has 0 atom stereocenters. The van der Waals surface area contributed by atoms with Crippen LogP contribution in [0, 0.1) is 0 Å². The average Bonchev–Trinajstić information content (AvgIpc) is 3.41. The van der Waals surface area contributed by atoms with Crippen molar-refractivity contribution in [2.24, 2.45) is 0 Å². The van der Waals surface area contributed by atoms with Crippen molar-refractivity contribution < 1.29 is 0 Å². The average molecular weight is 372 g/mol.